The molecule has 3 aromatic heterocycles. The van der Waals surface area contributed by atoms with Crippen molar-refractivity contribution < 1.29 is 13.2 Å². The van der Waals surface area contributed by atoms with Crippen molar-refractivity contribution in [1.82, 2.24) is 15.0 Å². The van der Waals surface area contributed by atoms with Crippen LogP contribution in [0.4, 0.5) is 13.2 Å². The van der Waals surface area contributed by atoms with Crippen LogP contribution in [0.1, 0.15) is 33.4 Å². The Morgan fingerprint density at radius 1 is 0.455 bits per heavy atom. The van der Waals surface area contributed by atoms with Gasteiger partial charge < -0.3 is 0 Å². The van der Waals surface area contributed by atoms with E-state index < -0.39 is 34.1 Å². The molecule has 0 aliphatic carbocycles. The molecule has 0 bridgehead atoms. The van der Waals surface area contributed by atoms with Crippen LogP contribution in [-0.2, 0) is 0 Å². The number of pyridine rings is 3. The Morgan fingerprint density at radius 2 is 0.758 bits per heavy atom. The summed E-state index contributed by atoms with van der Waals surface area (Å²) in [6.45, 7) is 0. The first kappa shape index (κ1) is 21.4. The topological polar surface area (TPSA) is 38.7 Å². The summed E-state index contributed by atoms with van der Waals surface area (Å²) in [7, 11) is 0. The van der Waals surface area contributed by atoms with Gasteiger partial charge in [0, 0.05) is 53.9 Å². The van der Waals surface area contributed by atoms with Gasteiger partial charge in [0.15, 0.2) is 17.5 Å². The van der Waals surface area contributed by atoms with Gasteiger partial charge in [-0.1, -0.05) is 35.5 Å². The minimum atomic E-state index is -1.20. The predicted molar refractivity (Wildman–Crippen MR) is 117 cm³/mol. The van der Waals surface area contributed by atoms with Gasteiger partial charge in [0.25, 0.3) is 0 Å². The largest absolute Gasteiger partial charge is 0.263 e. The summed E-state index contributed by atoms with van der Waals surface area (Å²) in [5.74, 6) is 11.6. The highest BCUT2D eigenvalue weighted by molar-refractivity contribution is 5.57. The fraction of sp³-hybridized carbons (Fsp3) is 0. The molecule has 3 nitrogen and oxygen atoms in total. The lowest BCUT2D eigenvalue weighted by atomic mass is 10.0. The average Bonchev–Trinajstić information content (AvgIpc) is 2.86. The molecule has 0 unspecified atom stereocenters. The SMILES string of the molecule is Fc1c(C#Cc2cccnc2)c(F)c(C#Cc2cccnc2)c(F)c1C#Cc1cccnc1. The molecule has 0 atom stereocenters. The zero-order chi connectivity index (χ0) is 23.0. The monoisotopic (exact) mass is 435 g/mol. The second-order valence-corrected chi connectivity index (χ2v) is 6.54. The normalized spacial score (nSPS) is 9.55. The molecule has 4 aromatic rings. The van der Waals surface area contributed by atoms with Gasteiger partial charge in [-0.2, -0.15) is 0 Å². The van der Waals surface area contributed by atoms with E-state index in [4.69, 9.17) is 0 Å². The third kappa shape index (κ3) is 5.07. The van der Waals surface area contributed by atoms with Crippen LogP contribution >= 0.6 is 0 Å². The molecule has 0 saturated carbocycles. The zero-order valence-electron chi connectivity index (χ0n) is 16.9. The molecule has 3 heterocycles. The first-order chi connectivity index (χ1) is 16.1. The van der Waals surface area contributed by atoms with Crippen LogP contribution in [0, 0.1) is 53.0 Å². The van der Waals surface area contributed by atoms with E-state index in [1.54, 1.807) is 55.0 Å². The predicted octanol–water partition coefficient (Wildman–Crippen LogP) is 4.49. The molecule has 0 radical (unpaired) electrons. The Morgan fingerprint density at radius 3 is 1.00 bits per heavy atom. The van der Waals surface area contributed by atoms with Crippen LogP contribution in [0.15, 0.2) is 73.6 Å². The minimum Gasteiger partial charge on any atom is -0.263 e. The second kappa shape index (κ2) is 9.96. The fourth-order valence-corrected chi connectivity index (χ4v) is 2.71. The molecule has 0 aliphatic heterocycles. The molecule has 0 saturated heterocycles. The van der Waals surface area contributed by atoms with Crippen LogP contribution in [-0.4, -0.2) is 15.0 Å². The lowest BCUT2D eigenvalue weighted by Crippen LogP contribution is -2.04. The minimum absolute atomic E-state index is 0.437. The summed E-state index contributed by atoms with van der Waals surface area (Å²) in [5.41, 5.74) is -0.589. The van der Waals surface area contributed by atoms with Crippen molar-refractivity contribution in [2.24, 2.45) is 0 Å². The van der Waals surface area contributed by atoms with Gasteiger partial charge in [0.05, 0.1) is 16.7 Å². The van der Waals surface area contributed by atoms with E-state index >= 15 is 13.2 Å². The Labute approximate surface area is 188 Å². The van der Waals surface area contributed by atoms with E-state index in [-0.39, 0.29) is 0 Å². The van der Waals surface area contributed by atoms with Crippen molar-refractivity contribution in [3.8, 4) is 35.5 Å². The quantitative estimate of drug-likeness (QED) is 0.382. The third-order valence-corrected chi connectivity index (χ3v) is 4.30. The number of halogens is 3. The molecule has 1 aromatic carbocycles. The van der Waals surface area contributed by atoms with E-state index in [1.165, 1.54) is 18.6 Å². The molecule has 156 valence electrons. The number of aromatic nitrogens is 3. The van der Waals surface area contributed by atoms with Crippen LogP contribution < -0.4 is 0 Å². The van der Waals surface area contributed by atoms with Gasteiger partial charge in [-0.05, 0) is 36.4 Å². The lowest BCUT2D eigenvalue weighted by molar-refractivity contribution is 0.531. The molecule has 0 amide bonds. The first-order valence-corrected chi connectivity index (χ1v) is 9.60. The molecule has 0 N–H and O–H groups in total. The highest BCUT2D eigenvalue weighted by atomic mass is 19.1. The van der Waals surface area contributed by atoms with E-state index in [0.29, 0.717) is 16.7 Å². The highest BCUT2D eigenvalue weighted by Gasteiger charge is 2.22. The maximum atomic E-state index is 15.2. The Kier molecular flexibility index (Phi) is 6.45. The molecular weight excluding hydrogens is 423 g/mol. The molecule has 0 spiro atoms. The van der Waals surface area contributed by atoms with Crippen molar-refractivity contribution in [3.05, 3.63) is 124 Å². The lowest BCUT2D eigenvalue weighted by Gasteiger charge is -2.06. The Hall–Kier alpha value is -4.86. The van der Waals surface area contributed by atoms with E-state index in [2.05, 4.69) is 50.5 Å². The smallest absolute Gasteiger partial charge is 0.160 e. The van der Waals surface area contributed by atoms with Crippen molar-refractivity contribution in [3.63, 3.8) is 0 Å². The van der Waals surface area contributed by atoms with Crippen molar-refractivity contribution in [2.45, 2.75) is 0 Å². The number of benzene rings is 1. The van der Waals surface area contributed by atoms with E-state index in [0.717, 1.165) is 0 Å². The maximum absolute atomic E-state index is 15.2. The molecule has 4 rings (SSSR count). The summed E-state index contributed by atoms with van der Waals surface area (Å²) in [5, 5.41) is 0. The van der Waals surface area contributed by atoms with Gasteiger partial charge in [-0.15, -0.1) is 0 Å². The van der Waals surface area contributed by atoms with Crippen molar-refractivity contribution in [2.75, 3.05) is 0 Å². The van der Waals surface area contributed by atoms with E-state index in [9.17, 15) is 0 Å². The van der Waals surface area contributed by atoms with Crippen molar-refractivity contribution >= 4 is 0 Å². The van der Waals surface area contributed by atoms with Crippen LogP contribution in [0.25, 0.3) is 0 Å². The molecule has 6 heteroatoms. The maximum Gasteiger partial charge on any atom is 0.160 e. The van der Waals surface area contributed by atoms with Gasteiger partial charge in [0.1, 0.15) is 0 Å². The van der Waals surface area contributed by atoms with Gasteiger partial charge >= 0.3 is 0 Å². The number of rotatable bonds is 0. The van der Waals surface area contributed by atoms with Crippen LogP contribution in [0.3, 0.4) is 0 Å². The van der Waals surface area contributed by atoms with Gasteiger partial charge in [-0.3, -0.25) is 15.0 Å². The zero-order valence-corrected chi connectivity index (χ0v) is 16.9. The highest BCUT2D eigenvalue weighted by Crippen LogP contribution is 2.24. The van der Waals surface area contributed by atoms with Gasteiger partial charge in [0.2, 0.25) is 0 Å². The summed E-state index contributed by atoms with van der Waals surface area (Å²) in [6.07, 6.45) is 8.96. The second-order valence-electron chi connectivity index (χ2n) is 6.54. The summed E-state index contributed by atoms with van der Waals surface area (Å²) < 4.78 is 45.5. The standard InChI is InChI=1S/C27H12F3N3/c28-25-22(10-7-19-4-1-13-31-16-19)26(29)24(12-9-21-6-3-15-33-18-21)27(30)23(25)11-8-20-5-2-14-32-17-20/h1-6,13-18H. The molecule has 0 aliphatic rings. The fourth-order valence-electron chi connectivity index (χ4n) is 2.71. The number of nitrogens with zero attached hydrogens (tertiary/aromatic N) is 3. The summed E-state index contributed by atoms with van der Waals surface area (Å²) in [4.78, 5) is 11.7. The van der Waals surface area contributed by atoms with Crippen LogP contribution in [0.2, 0.25) is 0 Å². The summed E-state index contributed by atoms with van der Waals surface area (Å²) >= 11 is 0. The van der Waals surface area contributed by atoms with Crippen molar-refractivity contribution in [1.29, 1.82) is 0 Å². The Bertz CT molecular complexity index is 1280. The third-order valence-electron chi connectivity index (χ3n) is 4.30. The average molecular weight is 435 g/mol. The summed E-state index contributed by atoms with van der Waals surface area (Å²) in [6, 6.07) is 9.80. The van der Waals surface area contributed by atoms with Crippen LogP contribution in [0.5, 0.6) is 0 Å². The molecule has 33 heavy (non-hydrogen) atoms. The first-order valence-electron chi connectivity index (χ1n) is 9.60. The molecular formula is C27H12F3N3. The number of hydrogen-bond donors (Lipinski definition) is 0. The Balaban J connectivity index is 1.90. The van der Waals surface area contributed by atoms with Gasteiger partial charge in [-0.25, -0.2) is 13.2 Å². The number of hydrogen-bond acceptors (Lipinski definition) is 3. The van der Waals surface area contributed by atoms with E-state index in [1.807, 2.05) is 0 Å². The molecule has 0 fully saturated rings.